The largest absolute Gasteiger partial charge is 0.497 e. The molecule has 1 saturated heterocycles. The number of hydrogen-bond acceptors (Lipinski definition) is 5. The van der Waals surface area contributed by atoms with Crippen molar-refractivity contribution in [2.24, 2.45) is 0 Å². The highest BCUT2D eigenvalue weighted by atomic mass is 32.2. The van der Waals surface area contributed by atoms with Crippen molar-refractivity contribution >= 4 is 10.0 Å². The van der Waals surface area contributed by atoms with Crippen molar-refractivity contribution in [2.75, 3.05) is 46.9 Å². The van der Waals surface area contributed by atoms with Crippen molar-refractivity contribution in [3.63, 3.8) is 0 Å². The van der Waals surface area contributed by atoms with E-state index in [2.05, 4.69) is 14.5 Å². The van der Waals surface area contributed by atoms with Gasteiger partial charge in [-0.05, 0) is 42.9 Å². The number of methoxy groups -OCH3 is 1. The molecule has 0 aromatic heterocycles. The summed E-state index contributed by atoms with van der Waals surface area (Å²) in [6.45, 7) is 3.29. The highest BCUT2D eigenvalue weighted by Crippen LogP contribution is 2.25. The van der Waals surface area contributed by atoms with Crippen LogP contribution in [0.2, 0.25) is 0 Å². The topological polar surface area (TPSA) is 61.9 Å². The Hall–Kier alpha value is -2.07. The summed E-state index contributed by atoms with van der Waals surface area (Å²) >= 11 is 0. The van der Waals surface area contributed by atoms with Gasteiger partial charge in [0.2, 0.25) is 10.0 Å². The summed E-state index contributed by atoms with van der Waals surface area (Å²) in [5.74, 6) is -1.09. The van der Waals surface area contributed by atoms with Gasteiger partial charge in [0.25, 0.3) is 0 Å². The van der Waals surface area contributed by atoms with Crippen molar-refractivity contribution < 1.29 is 21.9 Å². The van der Waals surface area contributed by atoms with Crippen LogP contribution < -0.4 is 9.46 Å². The predicted molar refractivity (Wildman–Crippen MR) is 106 cm³/mol. The Bertz CT molecular complexity index is 930. The van der Waals surface area contributed by atoms with Gasteiger partial charge in [-0.1, -0.05) is 12.1 Å². The lowest BCUT2D eigenvalue weighted by atomic mass is 10.0. The van der Waals surface area contributed by atoms with Crippen LogP contribution in [0.15, 0.2) is 47.4 Å². The van der Waals surface area contributed by atoms with E-state index >= 15 is 0 Å². The number of benzene rings is 2. The van der Waals surface area contributed by atoms with Crippen LogP contribution in [0.3, 0.4) is 0 Å². The molecule has 1 atom stereocenters. The molecule has 0 aliphatic carbocycles. The molecule has 9 heteroatoms. The summed E-state index contributed by atoms with van der Waals surface area (Å²) in [5, 5.41) is 0. The number of halogens is 2. The van der Waals surface area contributed by atoms with E-state index in [0.717, 1.165) is 43.9 Å². The Balaban J connectivity index is 1.83. The molecule has 0 radical (unpaired) electrons. The number of hydrogen-bond donors (Lipinski definition) is 1. The lowest BCUT2D eigenvalue weighted by Crippen LogP contribution is -2.48. The van der Waals surface area contributed by atoms with Gasteiger partial charge in [-0.3, -0.25) is 4.90 Å². The Morgan fingerprint density at radius 3 is 2.34 bits per heavy atom. The van der Waals surface area contributed by atoms with Crippen LogP contribution in [0.1, 0.15) is 11.6 Å². The second kappa shape index (κ2) is 9.17. The van der Waals surface area contributed by atoms with Crippen LogP contribution in [0, 0.1) is 11.6 Å². The first-order valence-electron chi connectivity index (χ1n) is 9.31. The van der Waals surface area contributed by atoms with Crippen LogP contribution in [-0.2, 0) is 10.0 Å². The Morgan fingerprint density at radius 2 is 1.72 bits per heavy atom. The van der Waals surface area contributed by atoms with Gasteiger partial charge in [-0.2, -0.15) is 0 Å². The van der Waals surface area contributed by atoms with E-state index in [1.54, 1.807) is 7.11 Å². The summed E-state index contributed by atoms with van der Waals surface area (Å²) < 4.78 is 60.3. The molecule has 0 bridgehead atoms. The second-order valence-electron chi connectivity index (χ2n) is 7.05. The highest BCUT2D eigenvalue weighted by molar-refractivity contribution is 7.89. The predicted octanol–water partition coefficient (Wildman–Crippen LogP) is 2.24. The first-order valence-corrected chi connectivity index (χ1v) is 10.8. The quantitative estimate of drug-likeness (QED) is 0.737. The molecular weight excluding hydrogens is 400 g/mol. The molecule has 158 valence electrons. The van der Waals surface area contributed by atoms with Gasteiger partial charge < -0.3 is 9.64 Å². The maximum Gasteiger partial charge on any atom is 0.243 e. The first-order chi connectivity index (χ1) is 13.8. The van der Waals surface area contributed by atoms with Crippen LogP contribution in [-0.4, -0.2) is 65.1 Å². The van der Waals surface area contributed by atoms with Gasteiger partial charge in [0.1, 0.15) is 22.3 Å². The number of nitrogens with zero attached hydrogens (tertiary/aromatic N) is 2. The minimum absolute atomic E-state index is 0.0360. The molecule has 1 fully saturated rings. The van der Waals surface area contributed by atoms with Crippen molar-refractivity contribution in [3.8, 4) is 5.75 Å². The van der Waals surface area contributed by atoms with Gasteiger partial charge in [-0.15, -0.1) is 0 Å². The van der Waals surface area contributed by atoms with Gasteiger partial charge in [0, 0.05) is 38.8 Å². The SMILES string of the molecule is COc1ccc([C@@H](CNS(=O)(=O)c2cc(F)ccc2F)N2CCN(C)CC2)cc1. The maximum atomic E-state index is 14.0. The lowest BCUT2D eigenvalue weighted by molar-refractivity contribution is 0.113. The van der Waals surface area contributed by atoms with E-state index in [-0.39, 0.29) is 12.6 Å². The first kappa shape index (κ1) is 21.6. The lowest BCUT2D eigenvalue weighted by Gasteiger charge is -2.38. The molecule has 0 spiro atoms. The summed E-state index contributed by atoms with van der Waals surface area (Å²) in [5.41, 5.74) is 0.915. The summed E-state index contributed by atoms with van der Waals surface area (Å²) in [4.78, 5) is 3.70. The molecule has 0 saturated carbocycles. The molecule has 3 rings (SSSR count). The van der Waals surface area contributed by atoms with E-state index in [0.29, 0.717) is 11.8 Å². The van der Waals surface area contributed by atoms with E-state index < -0.39 is 26.6 Å². The number of piperazine rings is 1. The zero-order chi connectivity index (χ0) is 21.0. The molecule has 29 heavy (non-hydrogen) atoms. The third-order valence-electron chi connectivity index (χ3n) is 5.13. The van der Waals surface area contributed by atoms with E-state index in [4.69, 9.17) is 4.74 Å². The molecule has 1 N–H and O–H groups in total. The monoisotopic (exact) mass is 425 g/mol. The third-order valence-corrected chi connectivity index (χ3v) is 6.57. The Morgan fingerprint density at radius 1 is 1.07 bits per heavy atom. The molecule has 2 aromatic rings. The average Bonchev–Trinajstić information content (AvgIpc) is 2.71. The van der Waals surface area contributed by atoms with Gasteiger partial charge >= 0.3 is 0 Å². The maximum absolute atomic E-state index is 14.0. The minimum atomic E-state index is -4.21. The molecule has 0 amide bonds. The number of nitrogens with one attached hydrogen (secondary N) is 1. The third kappa shape index (κ3) is 5.30. The van der Waals surface area contributed by atoms with E-state index in [1.807, 2.05) is 31.3 Å². The average molecular weight is 426 g/mol. The number of sulfonamides is 1. The van der Waals surface area contributed by atoms with Crippen molar-refractivity contribution in [2.45, 2.75) is 10.9 Å². The number of ether oxygens (including phenoxy) is 1. The number of likely N-dealkylation sites (N-methyl/N-ethyl adjacent to an activating group) is 1. The van der Waals surface area contributed by atoms with Gasteiger partial charge in [0.15, 0.2) is 0 Å². The van der Waals surface area contributed by atoms with Crippen molar-refractivity contribution in [3.05, 3.63) is 59.7 Å². The Labute approximate surface area is 170 Å². The van der Waals surface area contributed by atoms with E-state index in [9.17, 15) is 17.2 Å². The minimum Gasteiger partial charge on any atom is -0.497 e. The molecule has 1 heterocycles. The summed E-state index contributed by atoms with van der Waals surface area (Å²) in [7, 11) is -0.591. The molecule has 6 nitrogen and oxygen atoms in total. The molecule has 0 unspecified atom stereocenters. The van der Waals surface area contributed by atoms with Crippen LogP contribution in [0.5, 0.6) is 5.75 Å². The summed E-state index contributed by atoms with van der Waals surface area (Å²) in [6, 6.07) is 9.55. The zero-order valence-corrected chi connectivity index (χ0v) is 17.3. The second-order valence-corrected chi connectivity index (χ2v) is 8.79. The smallest absolute Gasteiger partial charge is 0.243 e. The van der Waals surface area contributed by atoms with Crippen LogP contribution in [0.4, 0.5) is 8.78 Å². The van der Waals surface area contributed by atoms with E-state index in [1.165, 1.54) is 0 Å². The summed E-state index contributed by atoms with van der Waals surface area (Å²) in [6.07, 6.45) is 0. The zero-order valence-electron chi connectivity index (χ0n) is 16.4. The van der Waals surface area contributed by atoms with Crippen molar-refractivity contribution in [1.82, 2.24) is 14.5 Å². The fourth-order valence-electron chi connectivity index (χ4n) is 3.37. The molecule has 1 aliphatic heterocycles. The molecule has 1 aliphatic rings. The van der Waals surface area contributed by atoms with Crippen molar-refractivity contribution in [1.29, 1.82) is 0 Å². The molecular formula is C20H25F2N3O3S. The number of rotatable bonds is 7. The fourth-order valence-corrected chi connectivity index (χ4v) is 4.49. The van der Waals surface area contributed by atoms with Gasteiger partial charge in [-0.25, -0.2) is 21.9 Å². The van der Waals surface area contributed by atoms with Crippen LogP contribution in [0.25, 0.3) is 0 Å². The van der Waals surface area contributed by atoms with Gasteiger partial charge in [0.05, 0.1) is 7.11 Å². The highest BCUT2D eigenvalue weighted by Gasteiger charge is 2.27. The Kier molecular flexibility index (Phi) is 6.84. The normalized spacial score (nSPS) is 17.2. The standard InChI is InChI=1S/C20H25F2N3O3S/c1-24-9-11-25(12-10-24)19(15-3-6-17(28-2)7-4-15)14-23-29(26,27)20-13-16(21)5-8-18(20)22/h3-8,13,19,23H,9-12,14H2,1-2H3/t19-/m1/s1. The molecule has 2 aromatic carbocycles. The fraction of sp³-hybridized carbons (Fsp3) is 0.400. The van der Waals surface area contributed by atoms with Crippen LogP contribution >= 0.6 is 0 Å².